The van der Waals surface area contributed by atoms with E-state index in [1.54, 1.807) is 0 Å². The number of hydrogen-bond acceptors (Lipinski definition) is 2. The molecule has 2 nitrogen and oxygen atoms in total. The Kier molecular flexibility index (Phi) is 3.48. The van der Waals surface area contributed by atoms with Crippen LogP contribution < -0.4 is 5.73 Å². The van der Waals surface area contributed by atoms with Crippen LogP contribution in [0.3, 0.4) is 0 Å². The molecule has 0 radical (unpaired) electrons. The molecule has 0 amide bonds. The van der Waals surface area contributed by atoms with Gasteiger partial charge in [0.05, 0.1) is 11.7 Å². The lowest BCUT2D eigenvalue weighted by Crippen LogP contribution is -2.16. The largest absolute Gasteiger partial charge is 0.322 e. The summed E-state index contributed by atoms with van der Waals surface area (Å²) >= 11 is 0. The van der Waals surface area contributed by atoms with Crippen molar-refractivity contribution in [3.05, 3.63) is 77.6 Å². The molecule has 1 aromatic heterocycles. The maximum Gasteiger partial charge on any atom is 0.0603 e. The zero-order valence-corrected chi connectivity index (χ0v) is 11.6. The first-order valence-corrected chi connectivity index (χ1v) is 6.89. The van der Waals surface area contributed by atoms with Gasteiger partial charge >= 0.3 is 0 Å². The van der Waals surface area contributed by atoms with Gasteiger partial charge in [-0.3, -0.25) is 4.98 Å². The maximum atomic E-state index is 6.36. The quantitative estimate of drug-likeness (QED) is 0.780. The Morgan fingerprint density at radius 1 is 1.00 bits per heavy atom. The molecule has 0 saturated heterocycles. The number of aromatic nitrogens is 1. The van der Waals surface area contributed by atoms with Gasteiger partial charge in [-0.05, 0) is 41.3 Å². The average Bonchev–Trinajstić information content (AvgIpc) is 2.48. The first-order chi connectivity index (χ1) is 9.75. The number of benzene rings is 2. The first-order valence-electron chi connectivity index (χ1n) is 6.89. The molecule has 1 heterocycles. The Bertz CT molecular complexity index is 729. The van der Waals surface area contributed by atoms with Crippen molar-refractivity contribution >= 4 is 10.8 Å². The van der Waals surface area contributed by atoms with Crippen molar-refractivity contribution in [3.63, 3.8) is 0 Å². The molecule has 0 spiro atoms. The summed E-state index contributed by atoms with van der Waals surface area (Å²) < 4.78 is 0. The highest BCUT2D eigenvalue weighted by atomic mass is 14.8. The van der Waals surface area contributed by atoms with Crippen molar-refractivity contribution in [3.8, 4) is 0 Å². The van der Waals surface area contributed by atoms with E-state index in [9.17, 15) is 0 Å². The second-order valence-electron chi connectivity index (χ2n) is 5.15. The van der Waals surface area contributed by atoms with Gasteiger partial charge in [-0.25, -0.2) is 0 Å². The summed E-state index contributed by atoms with van der Waals surface area (Å²) in [5, 5.41) is 2.54. The molecule has 0 bridgehead atoms. The van der Waals surface area contributed by atoms with E-state index in [4.69, 9.17) is 5.73 Å². The molecule has 1 atom stereocenters. The third-order valence-corrected chi connectivity index (χ3v) is 3.72. The zero-order valence-electron chi connectivity index (χ0n) is 11.6. The smallest absolute Gasteiger partial charge is 0.0603 e. The van der Waals surface area contributed by atoms with Crippen molar-refractivity contribution in [2.75, 3.05) is 0 Å². The summed E-state index contributed by atoms with van der Waals surface area (Å²) in [5.41, 5.74) is 9.77. The van der Waals surface area contributed by atoms with Crippen molar-refractivity contribution in [2.24, 2.45) is 5.73 Å². The molecule has 100 valence electrons. The number of hydrogen-bond donors (Lipinski definition) is 1. The van der Waals surface area contributed by atoms with Crippen LogP contribution >= 0.6 is 0 Å². The van der Waals surface area contributed by atoms with Crippen LogP contribution in [0.15, 0.2) is 60.8 Å². The van der Waals surface area contributed by atoms with Crippen molar-refractivity contribution in [2.45, 2.75) is 19.4 Å². The number of rotatable bonds is 3. The number of nitrogens with zero attached hydrogens (tertiary/aromatic N) is 1. The fraction of sp³-hybridized carbons (Fsp3) is 0.167. The molecule has 1 unspecified atom stereocenters. The van der Waals surface area contributed by atoms with Crippen LogP contribution in [0.4, 0.5) is 0 Å². The topological polar surface area (TPSA) is 38.9 Å². The van der Waals surface area contributed by atoms with Gasteiger partial charge in [0.25, 0.3) is 0 Å². The van der Waals surface area contributed by atoms with Gasteiger partial charge in [-0.1, -0.05) is 48.5 Å². The SMILES string of the molecule is Cc1cccnc1C(N)Cc1cccc2ccccc12. The summed E-state index contributed by atoms with van der Waals surface area (Å²) in [6, 6.07) is 18.8. The van der Waals surface area contributed by atoms with E-state index in [0.29, 0.717) is 0 Å². The Labute approximate surface area is 119 Å². The lowest BCUT2D eigenvalue weighted by Gasteiger charge is -2.15. The third-order valence-electron chi connectivity index (χ3n) is 3.72. The van der Waals surface area contributed by atoms with Crippen molar-refractivity contribution in [1.82, 2.24) is 4.98 Å². The van der Waals surface area contributed by atoms with E-state index in [1.165, 1.54) is 16.3 Å². The molecule has 0 aliphatic carbocycles. The Hall–Kier alpha value is -2.19. The summed E-state index contributed by atoms with van der Waals surface area (Å²) in [6.07, 6.45) is 2.62. The molecule has 2 N–H and O–H groups in total. The lowest BCUT2D eigenvalue weighted by atomic mass is 9.96. The van der Waals surface area contributed by atoms with Gasteiger partial charge in [0.15, 0.2) is 0 Å². The van der Waals surface area contributed by atoms with Crippen molar-refractivity contribution < 1.29 is 0 Å². The summed E-state index contributed by atoms with van der Waals surface area (Å²) in [6.45, 7) is 2.06. The molecule has 0 aliphatic heterocycles. The fourth-order valence-corrected chi connectivity index (χ4v) is 2.69. The van der Waals surface area contributed by atoms with Gasteiger partial charge in [-0.2, -0.15) is 0 Å². The summed E-state index contributed by atoms with van der Waals surface area (Å²) in [5.74, 6) is 0. The van der Waals surface area contributed by atoms with Gasteiger partial charge < -0.3 is 5.73 Å². The molecule has 0 fully saturated rings. The number of fused-ring (bicyclic) bond motifs is 1. The molecule has 0 aliphatic rings. The maximum absolute atomic E-state index is 6.36. The van der Waals surface area contributed by atoms with Gasteiger partial charge in [0, 0.05) is 6.20 Å². The predicted molar refractivity (Wildman–Crippen MR) is 83.6 cm³/mol. The minimum absolute atomic E-state index is 0.0676. The van der Waals surface area contributed by atoms with Gasteiger partial charge in [0.1, 0.15) is 0 Å². The van der Waals surface area contributed by atoms with Crippen LogP contribution in [0.1, 0.15) is 22.9 Å². The number of aryl methyl sites for hydroxylation is 1. The Morgan fingerprint density at radius 3 is 2.65 bits per heavy atom. The standard InChI is InChI=1S/C18H18N2/c1-13-6-5-11-20-18(13)17(19)12-15-9-4-8-14-7-2-3-10-16(14)15/h2-11,17H,12,19H2,1H3. The van der Waals surface area contributed by atoms with Crippen LogP contribution in [-0.2, 0) is 6.42 Å². The first kappa shape index (κ1) is 12.8. The van der Waals surface area contributed by atoms with E-state index in [0.717, 1.165) is 17.7 Å². The van der Waals surface area contributed by atoms with E-state index in [-0.39, 0.29) is 6.04 Å². The minimum Gasteiger partial charge on any atom is -0.322 e. The van der Waals surface area contributed by atoms with Crippen LogP contribution in [0.2, 0.25) is 0 Å². The highest BCUT2D eigenvalue weighted by Gasteiger charge is 2.12. The Morgan fingerprint density at radius 2 is 1.80 bits per heavy atom. The molecule has 20 heavy (non-hydrogen) atoms. The second-order valence-corrected chi connectivity index (χ2v) is 5.15. The molecular formula is C18H18N2. The molecule has 0 saturated carbocycles. The summed E-state index contributed by atoms with van der Waals surface area (Å²) in [4.78, 5) is 4.43. The highest BCUT2D eigenvalue weighted by Crippen LogP contribution is 2.23. The Balaban J connectivity index is 1.96. The monoisotopic (exact) mass is 262 g/mol. The predicted octanol–water partition coefficient (Wildman–Crippen LogP) is 3.79. The molecule has 3 aromatic rings. The van der Waals surface area contributed by atoms with E-state index < -0.39 is 0 Å². The average molecular weight is 262 g/mol. The van der Waals surface area contributed by atoms with Gasteiger partial charge in [0.2, 0.25) is 0 Å². The van der Waals surface area contributed by atoms with E-state index >= 15 is 0 Å². The lowest BCUT2D eigenvalue weighted by molar-refractivity contribution is 0.693. The summed E-state index contributed by atoms with van der Waals surface area (Å²) in [7, 11) is 0. The molecule has 2 heteroatoms. The van der Waals surface area contributed by atoms with Crippen LogP contribution in [-0.4, -0.2) is 4.98 Å². The second kappa shape index (κ2) is 5.43. The zero-order chi connectivity index (χ0) is 13.9. The van der Waals surface area contributed by atoms with Crippen LogP contribution in [0, 0.1) is 6.92 Å². The molecular weight excluding hydrogens is 244 g/mol. The van der Waals surface area contributed by atoms with E-state index in [2.05, 4.69) is 60.4 Å². The van der Waals surface area contributed by atoms with Crippen LogP contribution in [0.5, 0.6) is 0 Å². The van der Waals surface area contributed by atoms with Gasteiger partial charge in [-0.15, -0.1) is 0 Å². The minimum atomic E-state index is -0.0676. The fourth-order valence-electron chi connectivity index (χ4n) is 2.69. The number of pyridine rings is 1. The highest BCUT2D eigenvalue weighted by molar-refractivity contribution is 5.85. The third kappa shape index (κ3) is 2.43. The molecule has 2 aromatic carbocycles. The normalized spacial score (nSPS) is 12.5. The van der Waals surface area contributed by atoms with E-state index in [1.807, 2.05) is 12.3 Å². The van der Waals surface area contributed by atoms with Crippen LogP contribution in [0.25, 0.3) is 10.8 Å². The van der Waals surface area contributed by atoms with Crippen molar-refractivity contribution in [1.29, 1.82) is 0 Å². The molecule has 3 rings (SSSR count). The number of nitrogens with two attached hydrogens (primary N) is 1.